The smallest absolute Gasteiger partial charge is 0.244 e. The highest BCUT2D eigenvalue weighted by Crippen LogP contribution is 2.33. The fraction of sp³-hybridized carbons (Fsp3) is 0.462. The molecule has 1 N–H and O–H groups in total. The highest BCUT2D eigenvalue weighted by Gasteiger charge is 2.32. The molecular weight excluding hydrogens is 498 g/mol. The minimum absolute atomic E-state index is 0.0616. The van der Waals surface area contributed by atoms with E-state index in [1.807, 2.05) is 20.8 Å². The van der Waals surface area contributed by atoms with Gasteiger partial charge in [-0.3, -0.25) is 13.9 Å². The minimum atomic E-state index is -3.91. The van der Waals surface area contributed by atoms with Gasteiger partial charge >= 0.3 is 0 Å². The summed E-state index contributed by atoms with van der Waals surface area (Å²) in [5.41, 5.74) is 0.369. The largest absolute Gasteiger partial charge is 0.497 e. The third kappa shape index (κ3) is 8.28. The maximum Gasteiger partial charge on any atom is 0.244 e. The highest BCUT2D eigenvalue weighted by atomic mass is 32.2. The van der Waals surface area contributed by atoms with Crippen molar-refractivity contribution >= 4 is 27.5 Å². The third-order valence-electron chi connectivity index (χ3n) is 5.49. The molecule has 0 radical (unpaired) electrons. The molecule has 0 fully saturated rings. The number of ether oxygens (including phenoxy) is 3. The Hall–Kier alpha value is -3.47. The van der Waals surface area contributed by atoms with Gasteiger partial charge in [0.15, 0.2) is 0 Å². The monoisotopic (exact) mass is 535 g/mol. The highest BCUT2D eigenvalue weighted by molar-refractivity contribution is 7.92. The van der Waals surface area contributed by atoms with Crippen molar-refractivity contribution in [2.45, 2.75) is 45.8 Å². The van der Waals surface area contributed by atoms with Crippen molar-refractivity contribution in [3.05, 3.63) is 48.0 Å². The lowest BCUT2D eigenvalue weighted by Crippen LogP contribution is -2.54. The summed E-state index contributed by atoms with van der Waals surface area (Å²) in [6.07, 6.45) is 1.01. The van der Waals surface area contributed by atoms with Crippen molar-refractivity contribution in [1.82, 2.24) is 10.2 Å². The summed E-state index contributed by atoms with van der Waals surface area (Å²) < 4.78 is 42.5. The molecule has 1 atom stereocenters. The molecule has 2 rings (SSSR count). The minimum Gasteiger partial charge on any atom is -0.497 e. The number of anilines is 1. The number of amides is 2. The number of rotatable bonds is 11. The van der Waals surface area contributed by atoms with E-state index in [-0.39, 0.29) is 23.9 Å². The van der Waals surface area contributed by atoms with Gasteiger partial charge in [0.05, 0.1) is 33.3 Å². The summed E-state index contributed by atoms with van der Waals surface area (Å²) in [5.74, 6) is 0.347. The van der Waals surface area contributed by atoms with E-state index in [9.17, 15) is 18.0 Å². The van der Waals surface area contributed by atoms with E-state index in [1.165, 1.54) is 38.4 Å². The molecule has 0 saturated carbocycles. The van der Waals surface area contributed by atoms with Crippen LogP contribution in [0.25, 0.3) is 0 Å². The molecule has 0 aliphatic heterocycles. The van der Waals surface area contributed by atoms with E-state index in [0.717, 1.165) is 16.1 Å². The maximum absolute atomic E-state index is 13.7. The van der Waals surface area contributed by atoms with Crippen LogP contribution in [-0.2, 0) is 26.2 Å². The molecule has 0 heterocycles. The zero-order chi connectivity index (χ0) is 28.0. The molecule has 10 nitrogen and oxygen atoms in total. The molecule has 2 aromatic rings. The number of carbonyl (C=O) groups excluding carboxylic acids is 2. The summed E-state index contributed by atoms with van der Waals surface area (Å²) >= 11 is 0. The predicted molar refractivity (Wildman–Crippen MR) is 143 cm³/mol. The van der Waals surface area contributed by atoms with Crippen molar-refractivity contribution in [1.29, 1.82) is 0 Å². The van der Waals surface area contributed by atoms with Crippen molar-refractivity contribution in [3.8, 4) is 17.2 Å². The van der Waals surface area contributed by atoms with Gasteiger partial charge in [0.1, 0.15) is 29.8 Å². The molecule has 0 unspecified atom stereocenters. The summed E-state index contributed by atoms with van der Waals surface area (Å²) in [6, 6.07) is 10.8. The van der Waals surface area contributed by atoms with Crippen LogP contribution in [0, 0.1) is 0 Å². The quantitative estimate of drug-likeness (QED) is 0.471. The zero-order valence-electron chi connectivity index (χ0n) is 22.7. The first-order valence-corrected chi connectivity index (χ1v) is 13.5. The number of nitrogens with one attached hydrogen (secondary N) is 1. The van der Waals surface area contributed by atoms with Crippen molar-refractivity contribution in [3.63, 3.8) is 0 Å². The van der Waals surface area contributed by atoms with Gasteiger partial charge in [-0.05, 0) is 57.5 Å². The number of benzene rings is 2. The summed E-state index contributed by atoms with van der Waals surface area (Å²) in [6.45, 7) is 6.65. The molecule has 0 bridgehead atoms. The Bertz CT molecular complexity index is 1210. The van der Waals surface area contributed by atoms with E-state index >= 15 is 0 Å². The number of hydrogen-bond donors (Lipinski definition) is 1. The average molecular weight is 536 g/mol. The Morgan fingerprint density at radius 2 is 1.59 bits per heavy atom. The Morgan fingerprint density at radius 1 is 0.973 bits per heavy atom. The van der Waals surface area contributed by atoms with Crippen LogP contribution in [0.1, 0.15) is 33.3 Å². The Labute approximate surface area is 219 Å². The second-order valence-electron chi connectivity index (χ2n) is 9.60. The number of carbonyl (C=O) groups is 2. The molecule has 0 aliphatic rings. The SMILES string of the molecule is COc1cccc(CN(C(=O)CN(c2ccc(OC)cc2OC)S(C)(=O)=O)[C@H](C)C(=O)NC(C)(C)C)c1. The van der Waals surface area contributed by atoms with Crippen LogP contribution in [0.4, 0.5) is 5.69 Å². The Kier molecular flexibility index (Phi) is 9.80. The van der Waals surface area contributed by atoms with Gasteiger partial charge in [-0.15, -0.1) is 0 Å². The van der Waals surface area contributed by atoms with Crippen LogP contribution in [0.5, 0.6) is 17.2 Å². The van der Waals surface area contributed by atoms with Gasteiger partial charge in [0.25, 0.3) is 0 Å². The lowest BCUT2D eigenvalue weighted by molar-refractivity contribution is -0.140. The van der Waals surface area contributed by atoms with E-state index in [1.54, 1.807) is 37.3 Å². The molecular formula is C26H37N3O7S. The third-order valence-corrected chi connectivity index (χ3v) is 6.61. The van der Waals surface area contributed by atoms with Gasteiger partial charge in [0, 0.05) is 18.2 Å². The summed E-state index contributed by atoms with van der Waals surface area (Å²) in [7, 11) is 0.499. The number of methoxy groups -OCH3 is 3. The predicted octanol–water partition coefficient (Wildman–Crippen LogP) is 2.81. The molecule has 0 spiro atoms. The topological polar surface area (TPSA) is 114 Å². The normalized spacial score (nSPS) is 12.3. The standard InChI is InChI=1S/C26H37N3O7S/c1-18(25(31)27-26(2,3)4)28(16-19-10-9-11-20(14-19)34-5)24(30)17-29(37(8,32)33)22-13-12-21(35-6)15-23(22)36-7/h9-15,18H,16-17H2,1-8H3,(H,27,31)/t18-/m1/s1. The molecule has 11 heteroatoms. The first kappa shape index (κ1) is 29.8. The van der Waals surface area contributed by atoms with E-state index in [0.29, 0.717) is 11.5 Å². The molecule has 0 aliphatic carbocycles. The van der Waals surface area contributed by atoms with E-state index < -0.39 is 34.1 Å². The number of hydrogen-bond acceptors (Lipinski definition) is 7. The van der Waals surface area contributed by atoms with Crippen molar-refractivity contribution < 1.29 is 32.2 Å². The van der Waals surface area contributed by atoms with Gasteiger partial charge < -0.3 is 24.4 Å². The van der Waals surface area contributed by atoms with Gasteiger partial charge in [0.2, 0.25) is 21.8 Å². The van der Waals surface area contributed by atoms with Crippen LogP contribution in [-0.4, -0.2) is 70.8 Å². The zero-order valence-corrected chi connectivity index (χ0v) is 23.5. The van der Waals surface area contributed by atoms with Gasteiger partial charge in [-0.25, -0.2) is 8.42 Å². The van der Waals surface area contributed by atoms with Crippen LogP contribution in [0.15, 0.2) is 42.5 Å². The fourth-order valence-corrected chi connectivity index (χ4v) is 4.46. The lowest BCUT2D eigenvalue weighted by Gasteiger charge is -2.33. The van der Waals surface area contributed by atoms with Crippen LogP contribution in [0.2, 0.25) is 0 Å². The van der Waals surface area contributed by atoms with Gasteiger partial charge in [-0.1, -0.05) is 12.1 Å². The second-order valence-corrected chi connectivity index (χ2v) is 11.5. The number of sulfonamides is 1. The molecule has 2 aromatic carbocycles. The summed E-state index contributed by atoms with van der Waals surface area (Å²) in [4.78, 5) is 28.1. The lowest BCUT2D eigenvalue weighted by atomic mass is 10.1. The average Bonchev–Trinajstić information content (AvgIpc) is 2.83. The van der Waals surface area contributed by atoms with Gasteiger partial charge in [-0.2, -0.15) is 0 Å². The van der Waals surface area contributed by atoms with Crippen molar-refractivity contribution in [2.24, 2.45) is 0 Å². The van der Waals surface area contributed by atoms with E-state index in [4.69, 9.17) is 14.2 Å². The Balaban J connectivity index is 2.49. The molecule has 2 amide bonds. The fourth-order valence-electron chi connectivity index (χ4n) is 3.61. The molecule has 204 valence electrons. The van der Waals surface area contributed by atoms with Crippen LogP contribution < -0.4 is 23.8 Å². The maximum atomic E-state index is 13.7. The molecule has 0 aromatic heterocycles. The first-order valence-electron chi connectivity index (χ1n) is 11.6. The van der Waals surface area contributed by atoms with Crippen LogP contribution in [0.3, 0.4) is 0 Å². The van der Waals surface area contributed by atoms with Crippen LogP contribution >= 0.6 is 0 Å². The Morgan fingerprint density at radius 3 is 2.14 bits per heavy atom. The van der Waals surface area contributed by atoms with Crippen molar-refractivity contribution in [2.75, 3.05) is 38.4 Å². The summed E-state index contributed by atoms with van der Waals surface area (Å²) in [5, 5.41) is 2.89. The molecule has 37 heavy (non-hydrogen) atoms. The number of nitrogens with zero attached hydrogens (tertiary/aromatic N) is 2. The molecule has 0 saturated heterocycles. The first-order chi connectivity index (χ1) is 17.2. The van der Waals surface area contributed by atoms with E-state index in [2.05, 4.69) is 5.32 Å². The second kappa shape index (κ2) is 12.2.